The van der Waals surface area contributed by atoms with Gasteiger partial charge in [0.1, 0.15) is 0 Å². The van der Waals surface area contributed by atoms with Gasteiger partial charge in [0.2, 0.25) is 17.6 Å². The summed E-state index contributed by atoms with van der Waals surface area (Å²) in [7, 11) is 0. The van der Waals surface area contributed by atoms with E-state index in [0.717, 1.165) is 61.7 Å². The molecule has 2 aromatic carbocycles. The van der Waals surface area contributed by atoms with Gasteiger partial charge in [-0.05, 0) is 37.9 Å². The Morgan fingerprint density at radius 2 is 1.78 bits per heavy atom. The third-order valence-electron chi connectivity index (χ3n) is 5.93. The zero-order valence-electron chi connectivity index (χ0n) is 18.5. The number of carbonyl (C=O) groups is 1. The summed E-state index contributed by atoms with van der Waals surface area (Å²) < 4.78 is 5.42. The van der Waals surface area contributed by atoms with Gasteiger partial charge in [-0.1, -0.05) is 64.8 Å². The van der Waals surface area contributed by atoms with Crippen molar-refractivity contribution >= 4 is 17.5 Å². The molecule has 1 aliphatic rings. The van der Waals surface area contributed by atoms with Gasteiger partial charge in [-0.2, -0.15) is 4.98 Å². The van der Waals surface area contributed by atoms with Crippen LogP contribution in [0.1, 0.15) is 29.9 Å². The van der Waals surface area contributed by atoms with E-state index in [2.05, 4.69) is 22.0 Å². The molecule has 0 aliphatic carbocycles. The second-order valence-electron chi connectivity index (χ2n) is 8.30. The van der Waals surface area contributed by atoms with Crippen LogP contribution >= 0.6 is 11.6 Å². The SMILES string of the molecule is Cc1ccc(-c2noc(CCCN3CCN(C(=O)CCc4ccccc4Cl)CC3)n2)cc1. The van der Waals surface area contributed by atoms with Crippen molar-refractivity contribution in [1.29, 1.82) is 0 Å². The Hall–Kier alpha value is -2.70. The topological polar surface area (TPSA) is 62.5 Å². The zero-order chi connectivity index (χ0) is 22.3. The van der Waals surface area contributed by atoms with Crippen LogP contribution in [0, 0.1) is 6.92 Å². The van der Waals surface area contributed by atoms with Gasteiger partial charge in [0, 0.05) is 49.6 Å². The van der Waals surface area contributed by atoms with E-state index in [0.29, 0.717) is 24.6 Å². The summed E-state index contributed by atoms with van der Waals surface area (Å²) in [6.45, 7) is 6.37. The molecule has 1 fully saturated rings. The highest BCUT2D eigenvalue weighted by molar-refractivity contribution is 6.31. The zero-order valence-corrected chi connectivity index (χ0v) is 19.2. The molecular formula is C25H29ClN4O2. The molecule has 32 heavy (non-hydrogen) atoms. The Morgan fingerprint density at radius 1 is 1.03 bits per heavy atom. The van der Waals surface area contributed by atoms with Gasteiger partial charge < -0.3 is 9.42 Å². The third-order valence-corrected chi connectivity index (χ3v) is 6.30. The summed E-state index contributed by atoms with van der Waals surface area (Å²) in [5, 5.41) is 4.84. The first-order valence-corrected chi connectivity index (χ1v) is 11.6. The number of hydrogen-bond acceptors (Lipinski definition) is 5. The fourth-order valence-corrected chi connectivity index (χ4v) is 4.18. The van der Waals surface area contributed by atoms with Crippen molar-refractivity contribution < 1.29 is 9.32 Å². The second-order valence-corrected chi connectivity index (χ2v) is 8.70. The van der Waals surface area contributed by atoms with E-state index in [4.69, 9.17) is 16.1 Å². The summed E-state index contributed by atoms with van der Waals surface area (Å²) in [4.78, 5) is 21.5. The van der Waals surface area contributed by atoms with Gasteiger partial charge in [0.05, 0.1) is 0 Å². The molecule has 0 bridgehead atoms. The average Bonchev–Trinajstić information content (AvgIpc) is 3.28. The van der Waals surface area contributed by atoms with Crippen molar-refractivity contribution in [3.8, 4) is 11.4 Å². The summed E-state index contributed by atoms with van der Waals surface area (Å²) in [5.41, 5.74) is 3.22. The largest absolute Gasteiger partial charge is 0.340 e. The van der Waals surface area contributed by atoms with Crippen LogP contribution in [0.3, 0.4) is 0 Å². The molecule has 0 radical (unpaired) electrons. The van der Waals surface area contributed by atoms with E-state index < -0.39 is 0 Å². The van der Waals surface area contributed by atoms with Crippen LogP contribution in [0.5, 0.6) is 0 Å². The lowest BCUT2D eigenvalue weighted by atomic mass is 10.1. The van der Waals surface area contributed by atoms with E-state index in [-0.39, 0.29) is 5.91 Å². The molecule has 7 heteroatoms. The van der Waals surface area contributed by atoms with E-state index in [1.807, 2.05) is 53.4 Å². The van der Waals surface area contributed by atoms with E-state index in [1.54, 1.807) is 0 Å². The molecule has 0 spiro atoms. The summed E-state index contributed by atoms with van der Waals surface area (Å²) in [6, 6.07) is 15.9. The first-order chi connectivity index (χ1) is 15.6. The first kappa shape index (κ1) is 22.5. The van der Waals surface area contributed by atoms with E-state index in [9.17, 15) is 4.79 Å². The summed E-state index contributed by atoms with van der Waals surface area (Å²) in [6.07, 6.45) is 2.91. The molecule has 0 unspecified atom stereocenters. The number of benzene rings is 2. The smallest absolute Gasteiger partial charge is 0.227 e. The van der Waals surface area contributed by atoms with E-state index >= 15 is 0 Å². The number of nitrogens with zero attached hydrogens (tertiary/aromatic N) is 4. The molecule has 1 amide bonds. The van der Waals surface area contributed by atoms with Crippen molar-refractivity contribution in [2.45, 2.75) is 32.6 Å². The summed E-state index contributed by atoms with van der Waals surface area (Å²) >= 11 is 6.20. The van der Waals surface area contributed by atoms with Gasteiger partial charge in [0.15, 0.2) is 0 Å². The molecule has 6 nitrogen and oxygen atoms in total. The lowest BCUT2D eigenvalue weighted by molar-refractivity contribution is -0.132. The number of carbonyl (C=O) groups excluding carboxylic acids is 1. The monoisotopic (exact) mass is 452 g/mol. The Labute approximate surface area is 194 Å². The predicted molar refractivity (Wildman–Crippen MR) is 126 cm³/mol. The maximum Gasteiger partial charge on any atom is 0.227 e. The maximum absolute atomic E-state index is 12.6. The number of hydrogen-bond donors (Lipinski definition) is 0. The fraction of sp³-hybridized carbons (Fsp3) is 0.400. The fourth-order valence-electron chi connectivity index (χ4n) is 3.95. The molecule has 2 heterocycles. The molecule has 0 saturated carbocycles. The number of amides is 1. The van der Waals surface area contributed by atoms with Crippen LogP contribution in [-0.2, 0) is 17.6 Å². The molecule has 168 valence electrons. The number of aromatic nitrogens is 2. The van der Waals surface area contributed by atoms with Crippen molar-refractivity contribution in [2.75, 3.05) is 32.7 Å². The Kier molecular flexibility index (Phi) is 7.55. The molecule has 3 aromatic rings. The standard InChI is InChI=1S/C25H29ClN4O2/c1-19-8-10-21(11-9-19)25-27-23(32-28-25)7-4-14-29-15-17-30(18-16-29)24(31)13-12-20-5-2-3-6-22(20)26/h2-3,5-6,8-11H,4,7,12-18H2,1H3. The average molecular weight is 453 g/mol. The van der Waals surface area contributed by atoms with Crippen molar-refractivity contribution in [3.05, 3.63) is 70.6 Å². The Bertz CT molecular complexity index is 1030. The van der Waals surface area contributed by atoms with Gasteiger partial charge in [-0.25, -0.2) is 0 Å². The minimum atomic E-state index is 0.207. The minimum absolute atomic E-state index is 0.207. The van der Waals surface area contributed by atoms with Crippen molar-refractivity contribution in [2.24, 2.45) is 0 Å². The van der Waals surface area contributed by atoms with Crippen LogP contribution in [-0.4, -0.2) is 58.6 Å². The van der Waals surface area contributed by atoms with Crippen molar-refractivity contribution in [1.82, 2.24) is 19.9 Å². The van der Waals surface area contributed by atoms with Crippen LogP contribution in [0.2, 0.25) is 5.02 Å². The maximum atomic E-state index is 12.6. The first-order valence-electron chi connectivity index (χ1n) is 11.2. The van der Waals surface area contributed by atoms with Gasteiger partial charge >= 0.3 is 0 Å². The Balaban J connectivity index is 1.16. The molecule has 1 aliphatic heterocycles. The highest BCUT2D eigenvalue weighted by Gasteiger charge is 2.21. The quantitative estimate of drug-likeness (QED) is 0.506. The molecule has 1 aromatic heterocycles. The molecule has 0 atom stereocenters. The lowest BCUT2D eigenvalue weighted by Gasteiger charge is -2.34. The number of piperazine rings is 1. The number of rotatable bonds is 8. The predicted octanol–water partition coefficient (Wildman–Crippen LogP) is 4.41. The number of halogens is 1. The van der Waals surface area contributed by atoms with Gasteiger partial charge in [0.25, 0.3) is 0 Å². The van der Waals surface area contributed by atoms with Gasteiger partial charge in [-0.3, -0.25) is 9.69 Å². The van der Waals surface area contributed by atoms with E-state index in [1.165, 1.54) is 5.56 Å². The third kappa shape index (κ3) is 5.96. The molecule has 0 N–H and O–H groups in total. The Morgan fingerprint density at radius 3 is 2.53 bits per heavy atom. The van der Waals surface area contributed by atoms with Crippen LogP contribution in [0.15, 0.2) is 53.1 Å². The van der Waals surface area contributed by atoms with Crippen LogP contribution in [0.25, 0.3) is 11.4 Å². The van der Waals surface area contributed by atoms with Crippen LogP contribution in [0.4, 0.5) is 0 Å². The second kappa shape index (κ2) is 10.7. The molecule has 4 rings (SSSR count). The molecular weight excluding hydrogens is 424 g/mol. The van der Waals surface area contributed by atoms with Crippen molar-refractivity contribution in [3.63, 3.8) is 0 Å². The van der Waals surface area contributed by atoms with Gasteiger partial charge in [-0.15, -0.1) is 0 Å². The normalized spacial score (nSPS) is 14.6. The van der Waals surface area contributed by atoms with Crippen LogP contribution < -0.4 is 0 Å². The summed E-state index contributed by atoms with van der Waals surface area (Å²) in [5.74, 6) is 1.52. The minimum Gasteiger partial charge on any atom is -0.340 e. The highest BCUT2D eigenvalue weighted by Crippen LogP contribution is 2.18. The number of aryl methyl sites for hydroxylation is 3. The highest BCUT2D eigenvalue weighted by atomic mass is 35.5. The molecule has 1 saturated heterocycles. The lowest BCUT2D eigenvalue weighted by Crippen LogP contribution is -2.48.